The number of aryl methyl sites for hydroxylation is 1. The molecule has 2 heteroatoms. The standard InChI is InChI=1S/C11H12BrN/c1-4-9(3)13-11-6-5-8(2)7-10(11)12/h1,5-7,9,13H,2-3H3. The number of hydrogen-bond acceptors (Lipinski definition) is 1. The summed E-state index contributed by atoms with van der Waals surface area (Å²) < 4.78 is 1.05. The Bertz CT molecular complexity index is 338. The van der Waals surface area contributed by atoms with Gasteiger partial charge in [0.05, 0.1) is 6.04 Å². The van der Waals surface area contributed by atoms with Gasteiger partial charge in [-0.05, 0) is 47.5 Å². The van der Waals surface area contributed by atoms with Gasteiger partial charge in [-0.1, -0.05) is 12.0 Å². The van der Waals surface area contributed by atoms with E-state index in [1.807, 2.05) is 13.0 Å². The first-order valence-electron chi connectivity index (χ1n) is 4.12. The molecule has 0 fully saturated rings. The second kappa shape index (κ2) is 4.34. The fourth-order valence-electron chi connectivity index (χ4n) is 1.01. The van der Waals surface area contributed by atoms with Gasteiger partial charge in [-0.3, -0.25) is 0 Å². The number of terminal acetylenes is 1. The summed E-state index contributed by atoms with van der Waals surface area (Å²) in [6.07, 6.45) is 5.27. The minimum absolute atomic E-state index is 0.0546. The summed E-state index contributed by atoms with van der Waals surface area (Å²) in [6.45, 7) is 4.01. The Hall–Kier alpha value is -0.940. The van der Waals surface area contributed by atoms with Gasteiger partial charge in [-0.25, -0.2) is 0 Å². The van der Waals surface area contributed by atoms with E-state index in [4.69, 9.17) is 6.42 Å². The molecule has 0 heterocycles. The van der Waals surface area contributed by atoms with Crippen molar-refractivity contribution in [2.75, 3.05) is 5.32 Å². The summed E-state index contributed by atoms with van der Waals surface area (Å²) in [5.74, 6) is 2.62. The van der Waals surface area contributed by atoms with Crippen molar-refractivity contribution in [2.45, 2.75) is 19.9 Å². The van der Waals surface area contributed by atoms with Crippen LogP contribution in [0.1, 0.15) is 12.5 Å². The maximum Gasteiger partial charge on any atom is 0.0846 e. The highest BCUT2D eigenvalue weighted by Crippen LogP contribution is 2.23. The van der Waals surface area contributed by atoms with Gasteiger partial charge in [-0.2, -0.15) is 0 Å². The summed E-state index contributed by atoms with van der Waals surface area (Å²) in [5.41, 5.74) is 2.27. The van der Waals surface area contributed by atoms with Gasteiger partial charge in [0.2, 0.25) is 0 Å². The lowest BCUT2D eigenvalue weighted by atomic mass is 10.2. The third-order valence-corrected chi connectivity index (χ3v) is 2.40. The van der Waals surface area contributed by atoms with Gasteiger partial charge in [0.25, 0.3) is 0 Å². The molecule has 1 unspecified atom stereocenters. The monoisotopic (exact) mass is 237 g/mol. The normalized spacial score (nSPS) is 11.8. The van der Waals surface area contributed by atoms with E-state index >= 15 is 0 Å². The third-order valence-electron chi connectivity index (χ3n) is 1.75. The van der Waals surface area contributed by atoms with E-state index in [9.17, 15) is 0 Å². The quantitative estimate of drug-likeness (QED) is 0.780. The van der Waals surface area contributed by atoms with Gasteiger partial charge in [0, 0.05) is 10.2 Å². The average molecular weight is 238 g/mol. The summed E-state index contributed by atoms with van der Waals surface area (Å²) >= 11 is 3.47. The summed E-state index contributed by atoms with van der Waals surface area (Å²) in [7, 11) is 0. The Morgan fingerprint density at radius 1 is 1.54 bits per heavy atom. The lowest BCUT2D eigenvalue weighted by Crippen LogP contribution is -2.12. The number of anilines is 1. The second-order valence-corrected chi connectivity index (χ2v) is 3.87. The summed E-state index contributed by atoms with van der Waals surface area (Å²) in [4.78, 5) is 0. The topological polar surface area (TPSA) is 12.0 Å². The molecule has 0 saturated heterocycles. The van der Waals surface area contributed by atoms with E-state index < -0.39 is 0 Å². The number of hydrogen-bond donors (Lipinski definition) is 1. The highest BCUT2D eigenvalue weighted by Gasteiger charge is 2.01. The molecular formula is C11H12BrN. The van der Waals surface area contributed by atoms with Gasteiger partial charge in [-0.15, -0.1) is 6.42 Å². The average Bonchev–Trinajstić information content (AvgIpc) is 2.09. The number of benzene rings is 1. The first-order chi connectivity index (χ1) is 6.13. The van der Waals surface area contributed by atoms with E-state index in [-0.39, 0.29) is 6.04 Å². The Morgan fingerprint density at radius 2 is 2.23 bits per heavy atom. The largest absolute Gasteiger partial charge is 0.371 e. The van der Waals surface area contributed by atoms with Crippen LogP contribution in [0.4, 0.5) is 5.69 Å². The van der Waals surface area contributed by atoms with Crippen LogP contribution in [0.2, 0.25) is 0 Å². The van der Waals surface area contributed by atoms with Gasteiger partial charge >= 0.3 is 0 Å². The molecule has 0 aliphatic heterocycles. The van der Waals surface area contributed by atoms with Crippen LogP contribution in [0, 0.1) is 19.3 Å². The summed E-state index contributed by atoms with van der Waals surface area (Å²) in [6, 6.07) is 6.19. The van der Waals surface area contributed by atoms with Crippen LogP contribution in [0.3, 0.4) is 0 Å². The lowest BCUT2D eigenvalue weighted by molar-refractivity contribution is 1.03. The maximum atomic E-state index is 5.27. The van der Waals surface area contributed by atoms with Crippen LogP contribution < -0.4 is 5.32 Å². The Balaban J connectivity index is 2.85. The van der Waals surface area contributed by atoms with Crippen molar-refractivity contribution in [3.8, 4) is 12.3 Å². The van der Waals surface area contributed by atoms with E-state index in [0.29, 0.717) is 0 Å². The molecule has 1 N–H and O–H groups in total. The number of nitrogens with one attached hydrogen (secondary N) is 1. The van der Waals surface area contributed by atoms with Crippen molar-refractivity contribution in [1.29, 1.82) is 0 Å². The Kier molecular flexibility index (Phi) is 3.39. The van der Waals surface area contributed by atoms with Gasteiger partial charge in [0.15, 0.2) is 0 Å². The first kappa shape index (κ1) is 10.1. The molecule has 1 aromatic carbocycles. The SMILES string of the molecule is C#CC(C)Nc1ccc(C)cc1Br. The Morgan fingerprint density at radius 3 is 2.77 bits per heavy atom. The zero-order valence-corrected chi connectivity index (χ0v) is 9.35. The summed E-state index contributed by atoms with van der Waals surface area (Å²) in [5, 5.41) is 3.20. The minimum Gasteiger partial charge on any atom is -0.371 e. The lowest BCUT2D eigenvalue weighted by Gasteiger charge is -2.11. The van der Waals surface area contributed by atoms with E-state index in [2.05, 4.69) is 46.2 Å². The molecule has 0 aliphatic carbocycles. The second-order valence-electron chi connectivity index (χ2n) is 3.02. The molecule has 0 bridgehead atoms. The number of halogens is 1. The van der Waals surface area contributed by atoms with Crippen molar-refractivity contribution in [1.82, 2.24) is 0 Å². The van der Waals surface area contributed by atoms with Crippen molar-refractivity contribution >= 4 is 21.6 Å². The van der Waals surface area contributed by atoms with Crippen molar-refractivity contribution in [3.63, 3.8) is 0 Å². The van der Waals surface area contributed by atoms with Crippen LogP contribution in [-0.2, 0) is 0 Å². The first-order valence-corrected chi connectivity index (χ1v) is 4.91. The van der Waals surface area contributed by atoms with Crippen molar-refractivity contribution in [3.05, 3.63) is 28.2 Å². The molecule has 1 rings (SSSR count). The zero-order chi connectivity index (χ0) is 9.84. The molecule has 0 saturated carbocycles. The molecule has 0 spiro atoms. The van der Waals surface area contributed by atoms with Crippen molar-refractivity contribution in [2.24, 2.45) is 0 Å². The molecular weight excluding hydrogens is 226 g/mol. The maximum absolute atomic E-state index is 5.27. The fourth-order valence-corrected chi connectivity index (χ4v) is 1.62. The van der Waals surface area contributed by atoms with Crippen molar-refractivity contribution < 1.29 is 0 Å². The van der Waals surface area contributed by atoms with Gasteiger partial charge in [0.1, 0.15) is 0 Å². The van der Waals surface area contributed by atoms with Crippen LogP contribution in [0.15, 0.2) is 22.7 Å². The minimum atomic E-state index is 0.0546. The van der Waals surface area contributed by atoms with Gasteiger partial charge < -0.3 is 5.32 Å². The highest BCUT2D eigenvalue weighted by atomic mass is 79.9. The van der Waals surface area contributed by atoms with Crippen LogP contribution in [0.5, 0.6) is 0 Å². The molecule has 0 radical (unpaired) electrons. The van der Waals surface area contributed by atoms with Crippen LogP contribution >= 0.6 is 15.9 Å². The molecule has 0 aromatic heterocycles. The highest BCUT2D eigenvalue weighted by molar-refractivity contribution is 9.10. The van der Waals surface area contributed by atoms with E-state index in [0.717, 1.165) is 10.2 Å². The van der Waals surface area contributed by atoms with Crippen LogP contribution in [0.25, 0.3) is 0 Å². The number of rotatable bonds is 2. The third kappa shape index (κ3) is 2.78. The smallest absolute Gasteiger partial charge is 0.0846 e. The molecule has 68 valence electrons. The van der Waals surface area contributed by atoms with E-state index in [1.54, 1.807) is 0 Å². The molecule has 1 atom stereocenters. The molecule has 1 nitrogen and oxygen atoms in total. The molecule has 0 amide bonds. The molecule has 13 heavy (non-hydrogen) atoms. The predicted molar refractivity (Wildman–Crippen MR) is 60.8 cm³/mol. The predicted octanol–water partition coefficient (Wildman–Crippen LogP) is 3.19. The fraction of sp³-hybridized carbons (Fsp3) is 0.273. The zero-order valence-electron chi connectivity index (χ0n) is 7.76. The molecule has 0 aliphatic rings. The van der Waals surface area contributed by atoms with E-state index in [1.165, 1.54) is 5.56 Å². The molecule has 1 aromatic rings. The van der Waals surface area contributed by atoms with Crippen LogP contribution in [-0.4, -0.2) is 6.04 Å². The Labute approximate surface area is 87.7 Å².